The minimum atomic E-state index is -0.888. The predicted octanol–water partition coefficient (Wildman–Crippen LogP) is 3.97. The molecule has 0 saturated carbocycles. The van der Waals surface area contributed by atoms with E-state index < -0.39 is 23.9 Å². The topological polar surface area (TPSA) is 105 Å². The maximum absolute atomic E-state index is 12.9. The molecule has 0 aromatic heterocycles. The van der Waals surface area contributed by atoms with Crippen molar-refractivity contribution in [2.75, 3.05) is 14.2 Å². The lowest BCUT2D eigenvalue weighted by molar-refractivity contribution is 0.0446. The lowest BCUT2D eigenvalue weighted by Gasteiger charge is -2.14. The Hall–Kier alpha value is -4.46. The summed E-state index contributed by atoms with van der Waals surface area (Å²) in [5.41, 5.74) is 0.457. The minimum Gasteiger partial charge on any atom is -0.465 e. The van der Waals surface area contributed by atoms with Gasteiger partial charge in [-0.3, -0.25) is 0 Å². The average molecular weight is 462 g/mol. The van der Waals surface area contributed by atoms with E-state index in [2.05, 4.69) is 0 Å². The van der Waals surface area contributed by atoms with Crippen LogP contribution in [0, 0.1) is 0 Å². The SMILES string of the molecule is COC(=O)c1cc(C(=O)OC)c(C(=O)OCc2ccccc2)cc1C(=O)OCc1ccccc1. The van der Waals surface area contributed by atoms with Crippen LogP contribution in [0.1, 0.15) is 52.6 Å². The molecule has 8 nitrogen and oxygen atoms in total. The summed E-state index contributed by atoms with van der Waals surface area (Å²) < 4.78 is 20.1. The van der Waals surface area contributed by atoms with Gasteiger partial charge in [-0.05, 0) is 23.3 Å². The quantitative estimate of drug-likeness (QED) is 0.366. The van der Waals surface area contributed by atoms with Gasteiger partial charge in [0.2, 0.25) is 0 Å². The van der Waals surface area contributed by atoms with Crippen molar-refractivity contribution < 1.29 is 38.1 Å². The maximum atomic E-state index is 12.9. The fraction of sp³-hybridized carbons (Fsp3) is 0.154. The number of ether oxygens (including phenoxy) is 4. The summed E-state index contributed by atoms with van der Waals surface area (Å²) in [4.78, 5) is 50.5. The van der Waals surface area contributed by atoms with Crippen LogP contribution >= 0.6 is 0 Å². The van der Waals surface area contributed by atoms with Gasteiger partial charge in [0.15, 0.2) is 0 Å². The Bertz CT molecular complexity index is 1100. The maximum Gasteiger partial charge on any atom is 0.339 e. The van der Waals surface area contributed by atoms with E-state index in [9.17, 15) is 19.2 Å². The van der Waals surface area contributed by atoms with Gasteiger partial charge in [-0.1, -0.05) is 60.7 Å². The highest BCUT2D eigenvalue weighted by Gasteiger charge is 2.28. The van der Waals surface area contributed by atoms with Crippen LogP contribution in [0.2, 0.25) is 0 Å². The number of esters is 4. The van der Waals surface area contributed by atoms with Gasteiger partial charge in [-0.15, -0.1) is 0 Å². The Kier molecular flexibility index (Phi) is 8.12. The molecule has 0 aliphatic carbocycles. The second-order valence-corrected chi connectivity index (χ2v) is 7.05. The normalized spacial score (nSPS) is 10.2. The van der Waals surface area contributed by atoms with E-state index in [1.807, 2.05) is 12.1 Å². The van der Waals surface area contributed by atoms with Crippen molar-refractivity contribution in [3.05, 3.63) is 106 Å². The number of rotatable bonds is 8. The Morgan fingerprint density at radius 3 is 1.18 bits per heavy atom. The first kappa shape index (κ1) is 24.2. The van der Waals surface area contributed by atoms with E-state index in [1.165, 1.54) is 0 Å². The molecular weight excluding hydrogens is 440 g/mol. The summed E-state index contributed by atoms with van der Waals surface area (Å²) in [5, 5.41) is 0. The third-order valence-corrected chi connectivity index (χ3v) is 4.83. The van der Waals surface area contributed by atoms with E-state index in [1.54, 1.807) is 48.5 Å². The van der Waals surface area contributed by atoms with Gasteiger partial charge in [0.05, 0.1) is 36.5 Å². The largest absolute Gasteiger partial charge is 0.465 e. The molecule has 3 aromatic rings. The van der Waals surface area contributed by atoms with Gasteiger partial charge in [0.1, 0.15) is 13.2 Å². The summed E-state index contributed by atoms with van der Waals surface area (Å²) >= 11 is 0. The Labute approximate surface area is 196 Å². The molecule has 8 heteroatoms. The second kappa shape index (κ2) is 11.4. The molecule has 0 spiro atoms. The molecule has 0 heterocycles. The molecule has 3 rings (SSSR count). The molecule has 3 aromatic carbocycles. The molecule has 0 atom stereocenters. The summed E-state index contributed by atoms with van der Waals surface area (Å²) in [6.07, 6.45) is 0. The Balaban J connectivity index is 1.97. The van der Waals surface area contributed by atoms with Crippen LogP contribution < -0.4 is 0 Å². The molecule has 174 valence electrons. The molecular formula is C26H22O8. The molecule has 0 saturated heterocycles. The van der Waals surface area contributed by atoms with E-state index in [0.29, 0.717) is 0 Å². The van der Waals surface area contributed by atoms with Crippen molar-refractivity contribution in [2.24, 2.45) is 0 Å². The van der Waals surface area contributed by atoms with E-state index in [0.717, 1.165) is 37.5 Å². The van der Waals surface area contributed by atoms with Crippen molar-refractivity contribution >= 4 is 23.9 Å². The Morgan fingerprint density at radius 1 is 0.529 bits per heavy atom. The third-order valence-electron chi connectivity index (χ3n) is 4.83. The smallest absolute Gasteiger partial charge is 0.339 e. The van der Waals surface area contributed by atoms with Crippen LogP contribution in [-0.4, -0.2) is 38.1 Å². The highest BCUT2D eigenvalue weighted by molar-refractivity contribution is 6.10. The van der Waals surface area contributed by atoms with Crippen LogP contribution in [0.3, 0.4) is 0 Å². The highest BCUT2D eigenvalue weighted by Crippen LogP contribution is 2.22. The summed E-state index contributed by atoms with van der Waals surface area (Å²) in [6.45, 7) is -0.125. The first-order chi connectivity index (χ1) is 16.4. The molecule has 0 aliphatic rings. The molecule has 0 amide bonds. The number of hydrogen-bond acceptors (Lipinski definition) is 8. The van der Waals surface area contributed by atoms with Crippen LogP contribution in [0.15, 0.2) is 72.8 Å². The number of benzene rings is 3. The number of carbonyl (C=O) groups excluding carboxylic acids is 4. The average Bonchev–Trinajstić information content (AvgIpc) is 2.89. The highest BCUT2D eigenvalue weighted by atomic mass is 16.5. The van der Waals surface area contributed by atoms with Crippen molar-refractivity contribution in [3.8, 4) is 0 Å². The molecule has 0 unspecified atom stereocenters. The fourth-order valence-electron chi connectivity index (χ4n) is 3.10. The Morgan fingerprint density at radius 2 is 0.853 bits per heavy atom. The zero-order chi connectivity index (χ0) is 24.5. The van der Waals surface area contributed by atoms with Crippen molar-refractivity contribution in [1.82, 2.24) is 0 Å². The summed E-state index contributed by atoms with van der Waals surface area (Å²) in [6, 6.07) is 20.0. The van der Waals surface area contributed by atoms with Crippen molar-refractivity contribution in [3.63, 3.8) is 0 Å². The molecule has 0 fully saturated rings. The standard InChI is InChI=1S/C26H22O8/c1-31-23(27)19-13-20(24(28)32-2)22(26(30)34-16-18-11-7-4-8-12-18)14-21(19)25(29)33-15-17-9-5-3-6-10-17/h3-14H,15-16H2,1-2H3. The van der Waals surface area contributed by atoms with Crippen molar-refractivity contribution in [1.29, 1.82) is 0 Å². The summed E-state index contributed by atoms with van der Waals surface area (Å²) in [5.74, 6) is -3.53. The fourth-order valence-corrected chi connectivity index (χ4v) is 3.10. The molecule has 0 aliphatic heterocycles. The van der Waals surface area contributed by atoms with Gasteiger partial charge < -0.3 is 18.9 Å². The zero-order valence-electron chi connectivity index (χ0n) is 18.6. The molecule has 34 heavy (non-hydrogen) atoms. The van der Waals surface area contributed by atoms with Crippen LogP contribution in [0.5, 0.6) is 0 Å². The second-order valence-electron chi connectivity index (χ2n) is 7.05. The van der Waals surface area contributed by atoms with Crippen LogP contribution in [-0.2, 0) is 32.2 Å². The minimum absolute atomic E-state index is 0.0627. The van der Waals surface area contributed by atoms with Gasteiger partial charge in [-0.25, -0.2) is 19.2 Å². The molecule has 0 N–H and O–H groups in total. The number of methoxy groups -OCH3 is 2. The first-order valence-corrected chi connectivity index (χ1v) is 10.2. The lowest BCUT2D eigenvalue weighted by atomic mass is 9.98. The first-order valence-electron chi connectivity index (χ1n) is 10.2. The summed E-state index contributed by atoms with van der Waals surface area (Å²) in [7, 11) is 2.25. The molecule has 0 bridgehead atoms. The van der Waals surface area contributed by atoms with E-state index in [-0.39, 0.29) is 35.5 Å². The molecule has 0 radical (unpaired) electrons. The van der Waals surface area contributed by atoms with Gasteiger partial charge >= 0.3 is 23.9 Å². The lowest BCUT2D eigenvalue weighted by Crippen LogP contribution is -2.19. The van der Waals surface area contributed by atoms with Gasteiger partial charge in [-0.2, -0.15) is 0 Å². The number of carbonyl (C=O) groups is 4. The third kappa shape index (κ3) is 5.86. The predicted molar refractivity (Wildman–Crippen MR) is 120 cm³/mol. The van der Waals surface area contributed by atoms with E-state index in [4.69, 9.17) is 18.9 Å². The van der Waals surface area contributed by atoms with E-state index >= 15 is 0 Å². The van der Waals surface area contributed by atoms with Crippen LogP contribution in [0.4, 0.5) is 0 Å². The number of hydrogen-bond donors (Lipinski definition) is 0. The zero-order valence-corrected chi connectivity index (χ0v) is 18.6. The van der Waals surface area contributed by atoms with Gasteiger partial charge in [0.25, 0.3) is 0 Å². The monoisotopic (exact) mass is 462 g/mol. The van der Waals surface area contributed by atoms with Gasteiger partial charge in [0, 0.05) is 0 Å². The van der Waals surface area contributed by atoms with Crippen LogP contribution in [0.25, 0.3) is 0 Å². The van der Waals surface area contributed by atoms with Crippen molar-refractivity contribution in [2.45, 2.75) is 13.2 Å².